The minimum atomic E-state index is 0.0580. The molecule has 1 saturated heterocycles. The van der Waals surface area contributed by atoms with Crippen LogP contribution in [-0.4, -0.2) is 31.0 Å². The third-order valence-electron chi connectivity index (χ3n) is 11.4. The molecule has 2 nitrogen and oxygen atoms in total. The van der Waals surface area contributed by atoms with Crippen molar-refractivity contribution in [3.63, 3.8) is 0 Å². The maximum Gasteiger partial charge on any atom is 0.157 e. The number of thioether (sulfide) groups is 1. The lowest BCUT2D eigenvalue weighted by Crippen LogP contribution is -2.50. The van der Waals surface area contributed by atoms with Crippen LogP contribution >= 0.6 is 11.8 Å². The minimum absolute atomic E-state index is 0.0580. The summed E-state index contributed by atoms with van der Waals surface area (Å²) in [5.74, 6) is 4.86. The van der Waals surface area contributed by atoms with Crippen molar-refractivity contribution in [1.29, 1.82) is 0 Å². The van der Waals surface area contributed by atoms with Crippen LogP contribution in [0.1, 0.15) is 111 Å². The van der Waals surface area contributed by atoms with Crippen molar-refractivity contribution in [2.24, 2.45) is 34.5 Å². The molecule has 4 fully saturated rings. The SMILES string of the molecule is CSCCCC/C=C(\C)[C@H]1CC[C@H]2[C@@H]3CC=C4C[C@@H](OC5CCCCO5)CC[C@]4(C)[C@H]3CC[C@]12C. The van der Waals surface area contributed by atoms with Gasteiger partial charge in [0.1, 0.15) is 0 Å². The molecule has 5 aliphatic rings. The molecule has 0 N–H and O–H groups in total. The molecule has 4 aliphatic carbocycles. The van der Waals surface area contributed by atoms with Crippen molar-refractivity contribution in [3.05, 3.63) is 23.3 Å². The van der Waals surface area contributed by atoms with Gasteiger partial charge in [-0.25, -0.2) is 0 Å². The van der Waals surface area contributed by atoms with Gasteiger partial charge in [-0.15, -0.1) is 0 Å². The molecule has 0 radical (unpaired) electrons. The number of hydrogen-bond acceptors (Lipinski definition) is 3. The molecular formula is C32H52O2S. The van der Waals surface area contributed by atoms with Gasteiger partial charge in [-0.05, 0) is 143 Å². The van der Waals surface area contributed by atoms with E-state index in [4.69, 9.17) is 9.47 Å². The molecule has 1 aliphatic heterocycles. The van der Waals surface area contributed by atoms with E-state index in [1.54, 1.807) is 11.1 Å². The molecule has 1 unspecified atom stereocenters. The van der Waals surface area contributed by atoms with E-state index >= 15 is 0 Å². The lowest BCUT2D eigenvalue weighted by Gasteiger charge is -2.58. The van der Waals surface area contributed by atoms with Gasteiger partial charge >= 0.3 is 0 Å². The van der Waals surface area contributed by atoms with Crippen molar-refractivity contribution in [3.8, 4) is 0 Å². The monoisotopic (exact) mass is 500 g/mol. The summed E-state index contributed by atoms with van der Waals surface area (Å²) in [5, 5.41) is 0. The molecule has 35 heavy (non-hydrogen) atoms. The van der Waals surface area contributed by atoms with Crippen molar-refractivity contribution < 1.29 is 9.47 Å². The van der Waals surface area contributed by atoms with Crippen molar-refractivity contribution >= 4 is 11.8 Å². The van der Waals surface area contributed by atoms with Gasteiger partial charge in [0.05, 0.1) is 6.10 Å². The molecule has 3 heteroatoms. The summed E-state index contributed by atoms with van der Waals surface area (Å²) >= 11 is 1.99. The second-order valence-electron chi connectivity index (χ2n) is 13.2. The zero-order valence-corrected chi connectivity index (χ0v) is 24.0. The Morgan fingerprint density at radius 2 is 1.97 bits per heavy atom. The molecule has 5 rings (SSSR count). The number of hydrogen-bond donors (Lipinski definition) is 0. The number of fused-ring (bicyclic) bond motifs is 5. The summed E-state index contributed by atoms with van der Waals surface area (Å²) in [6.07, 6.45) is 26.4. The average molecular weight is 501 g/mol. The van der Waals surface area contributed by atoms with Gasteiger partial charge in [-0.2, -0.15) is 11.8 Å². The molecule has 3 saturated carbocycles. The fourth-order valence-electron chi connectivity index (χ4n) is 9.39. The number of rotatable bonds is 8. The molecule has 8 atom stereocenters. The van der Waals surface area contributed by atoms with Crippen LogP contribution in [0.4, 0.5) is 0 Å². The minimum Gasteiger partial charge on any atom is -0.353 e. The smallest absolute Gasteiger partial charge is 0.157 e. The van der Waals surface area contributed by atoms with Crippen molar-refractivity contribution in [1.82, 2.24) is 0 Å². The van der Waals surface area contributed by atoms with E-state index in [1.807, 2.05) is 11.8 Å². The predicted molar refractivity (Wildman–Crippen MR) is 150 cm³/mol. The molecule has 0 bridgehead atoms. The van der Waals surface area contributed by atoms with Gasteiger partial charge in [0.25, 0.3) is 0 Å². The second kappa shape index (κ2) is 11.2. The van der Waals surface area contributed by atoms with E-state index in [9.17, 15) is 0 Å². The zero-order valence-electron chi connectivity index (χ0n) is 23.2. The Hall–Kier alpha value is -0.250. The van der Waals surface area contributed by atoms with Crippen LogP contribution in [0.5, 0.6) is 0 Å². The highest BCUT2D eigenvalue weighted by Crippen LogP contribution is 2.67. The molecule has 0 aromatic heterocycles. The maximum atomic E-state index is 6.47. The third-order valence-corrected chi connectivity index (χ3v) is 12.1. The summed E-state index contributed by atoms with van der Waals surface area (Å²) < 4.78 is 12.4. The zero-order chi connectivity index (χ0) is 24.5. The fraction of sp³-hybridized carbons (Fsp3) is 0.875. The summed E-state index contributed by atoms with van der Waals surface area (Å²) in [7, 11) is 0. The summed E-state index contributed by atoms with van der Waals surface area (Å²) in [5.41, 5.74) is 4.41. The van der Waals surface area contributed by atoms with Gasteiger partial charge in [0, 0.05) is 6.61 Å². The normalized spacial score (nSPS) is 43.8. The molecule has 0 amide bonds. The standard InChI is InChI=1S/C32H52O2S/c1-23(10-6-5-9-21-35-4)27-14-15-28-26-13-12-24-22-25(34-30-11-7-8-20-33-30)16-18-31(24,2)29(26)17-19-32(27,28)3/h10,12,25-30H,5-9,11,13-22H2,1-4H3/b23-10+/t25-,26-,27+,28-,29-,30?,31-,32+/m0/s1. The lowest BCUT2D eigenvalue weighted by atomic mass is 9.47. The highest BCUT2D eigenvalue weighted by molar-refractivity contribution is 7.98. The third kappa shape index (κ3) is 5.22. The van der Waals surface area contributed by atoms with E-state index in [0.717, 1.165) is 43.1 Å². The second-order valence-corrected chi connectivity index (χ2v) is 14.2. The van der Waals surface area contributed by atoms with E-state index in [2.05, 4.69) is 39.2 Å². The number of ether oxygens (including phenoxy) is 2. The van der Waals surface area contributed by atoms with Crippen molar-refractivity contribution in [2.45, 2.75) is 123 Å². The Morgan fingerprint density at radius 1 is 1.09 bits per heavy atom. The predicted octanol–water partition coefficient (Wildman–Crippen LogP) is 8.96. The first kappa shape index (κ1) is 26.4. The Morgan fingerprint density at radius 3 is 2.77 bits per heavy atom. The van der Waals surface area contributed by atoms with Crippen LogP contribution in [0.15, 0.2) is 23.3 Å². The quantitative estimate of drug-likeness (QED) is 0.245. The molecule has 198 valence electrons. The van der Waals surface area contributed by atoms with E-state index in [1.165, 1.54) is 82.8 Å². The van der Waals surface area contributed by atoms with Gasteiger partial charge in [0.2, 0.25) is 0 Å². The Labute approximate surface area is 220 Å². The van der Waals surface area contributed by atoms with Crippen molar-refractivity contribution in [2.75, 3.05) is 18.6 Å². The van der Waals surface area contributed by atoms with Gasteiger partial charge in [-0.3, -0.25) is 0 Å². The molecule has 1 heterocycles. The fourth-order valence-corrected chi connectivity index (χ4v) is 9.88. The summed E-state index contributed by atoms with van der Waals surface area (Å²) in [4.78, 5) is 0. The summed E-state index contributed by atoms with van der Waals surface area (Å²) in [6, 6.07) is 0. The molecule has 0 aromatic carbocycles. The molecule has 0 spiro atoms. The average Bonchev–Trinajstić information content (AvgIpc) is 3.22. The topological polar surface area (TPSA) is 18.5 Å². The Bertz CT molecular complexity index is 782. The van der Waals surface area contributed by atoms with Gasteiger partial charge < -0.3 is 9.47 Å². The van der Waals surface area contributed by atoms with E-state index < -0.39 is 0 Å². The number of unbranched alkanes of at least 4 members (excludes halogenated alkanes) is 2. The van der Waals surface area contributed by atoms with Crippen LogP contribution in [0.3, 0.4) is 0 Å². The first-order valence-electron chi connectivity index (χ1n) is 15.1. The number of allylic oxidation sites excluding steroid dienone is 3. The first-order chi connectivity index (χ1) is 17.0. The van der Waals surface area contributed by atoms with Crippen LogP contribution in [0, 0.1) is 34.5 Å². The van der Waals surface area contributed by atoms with Crippen LogP contribution in [-0.2, 0) is 9.47 Å². The largest absolute Gasteiger partial charge is 0.353 e. The first-order valence-corrected chi connectivity index (χ1v) is 16.5. The Balaban J connectivity index is 1.24. The van der Waals surface area contributed by atoms with Gasteiger partial charge in [-0.1, -0.05) is 37.1 Å². The van der Waals surface area contributed by atoms with E-state index in [-0.39, 0.29) is 6.29 Å². The molecular weight excluding hydrogens is 448 g/mol. The van der Waals surface area contributed by atoms with Gasteiger partial charge in [0.15, 0.2) is 6.29 Å². The highest BCUT2D eigenvalue weighted by atomic mass is 32.2. The van der Waals surface area contributed by atoms with E-state index in [0.29, 0.717) is 16.9 Å². The van der Waals surface area contributed by atoms with Crippen LogP contribution in [0.2, 0.25) is 0 Å². The Kier molecular flexibility index (Phi) is 8.47. The maximum absolute atomic E-state index is 6.47. The highest BCUT2D eigenvalue weighted by Gasteiger charge is 2.58. The summed E-state index contributed by atoms with van der Waals surface area (Å²) in [6.45, 7) is 8.68. The molecule has 0 aromatic rings. The van der Waals surface area contributed by atoms with Crippen LogP contribution in [0.25, 0.3) is 0 Å². The lowest BCUT2D eigenvalue weighted by molar-refractivity contribution is -0.195. The van der Waals surface area contributed by atoms with Crippen LogP contribution < -0.4 is 0 Å².